The molecule has 0 aliphatic carbocycles. The molecule has 4 aromatic rings. The number of fused-ring (bicyclic) bond motifs is 2. The number of aryl methyl sites for hydroxylation is 1. The first-order valence-corrected chi connectivity index (χ1v) is 13.7. The average Bonchev–Trinajstić information content (AvgIpc) is 3.21. The van der Waals surface area contributed by atoms with Gasteiger partial charge < -0.3 is 18.8 Å². The van der Waals surface area contributed by atoms with Crippen LogP contribution in [0.1, 0.15) is 71.5 Å². The third kappa shape index (κ3) is 5.26. The Morgan fingerprint density at radius 2 is 1.77 bits per heavy atom. The number of rotatable bonds is 10. The molecule has 1 aliphatic heterocycles. The second-order valence-electron chi connectivity index (χ2n) is 9.91. The molecule has 39 heavy (non-hydrogen) atoms. The number of unbranched alkanes of at least 4 members (excludes halogenated alkanes) is 3. The molecular formula is C32H32ClNO5. The SMILES string of the molecule is CCCCCCOc1ccc(C2c3c(oc4cc(C)c(Cl)cc4c3=O)C(=O)N2Cc2ccccc2)cc1OC. The smallest absolute Gasteiger partial charge is 0.291 e. The summed E-state index contributed by atoms with van der Waals surface area (Å²) in [5.74, 6) is 0.906. The normalized spacial score (nSPS) is 14.6. The Hall–Kier alpha value is -3.77. The summed E-state index contributed by atoms with van der Waals surface area (Å²) in [5, 5.41) is 0.821. The van der Waals surface area contributed by atoms with Crippen molar-refractivity contribution in [1.82, 2.24) is 4.90 Å². The third-order valence-corrected chi connectivity index (χ3v) is 7.61. The maximum absolute atomic E-state index is 13.9. The highest BCUT2D eigenvalue weighted by Crippen LogP contribution is 2.42. The molecule has 0 fully saturated rings. The van der Waals surface area contributed by atoms with Gasteiger partial charge in [-0.15, -0.1) is 0 Å². The molecule has 1 aromatic heterocycles. The van der Waals surface area contributed by atoms with Crippen molar-refractivity contribution in [3.05, 3.63) is 104 Å². The highest BCUT2D eigenvalue weighted by atomic mass is 35.5. The van der Waals surface area contributed by atoms with Crippen LogP contribution in [0, 0.1) is 6.92 Å². The molecule has 202 valence electrons. The van der Waals surface area contributed by atoms with Crippen LogP contribution in [0.4, 0.5) is 0 Å². The van der Waals surface area contributed by atoms with Gasteiger partial charge in [-0.05, 0) is 54.3 Å². The molecule has 7 heteroatoms. The van der Waals surface area contributed by atoms with Crippen molar-refractivity contribution in [2.45, 2.75) is 52.1 Å². The molecule has 0 bridgehead atoms. The van der Waals surface area contributed by atoms with E-state index in [4.69, 9.17) is 25.5 Å². The Balaban J connectivity index is 1.60. The topological polar surface area (TPSA) is 69.0 Å². The van der Waals surface area contributed by atoms with Gasteiger partial charge in [-0.25, -0.2) is 0 Å². The molecule has 1 aliphatic rings. The number of methoxy groups -OCH3 is 1. The van der Waals surface area contributed by atoms with Crippen molar-refractivity contribution in [3.8, 4) is 11.5 Å². The Labute approximate surface area is 233 Å². The van der Waals surface area contributed by atoms with E-state index >= 15 is 0 Å². The van der Waals surface area contributed by atoms with E-state index in [2.05, 4.69) is 6.92 Å². The lowest BCUT2D eigenvalue weighted by atomic mass is 9.97. The van der Waals surface area contributed by atoms with E-state index < -0.39 is 6.04 Å². The number of nitrogens with zero attached hydrogens (tertiary/aromatic N) is 1. The molecule has 5 rings (SSSR count). The van der Waals surface area contributed by atoms with Gasteiger partial charge in [0.1, 0.15) is 5.58 Å². The fourth-order valence-corrected chi connectivity index (χ4v) is 5.28. The third-order valence-electron chi connectivity index (χ3n) is 7.20. The number of hydrogen-bond acceptors (Lipinski definition) is 5. The van der Waals surface area contributed by atoms with Crippen molar-refractivity contribution in [3.63, 3.8) is 0 Å². The molecule has 2 heterocycles. The van der Waals surface area contributed by atoms with Gasteiger partial charge in [0.15, 0.2) is 16.9 Å². The number of hydrogen-bond donors (Lipinski definition) is 0. The minimum absolute atomic E-state index is 0.0605. The lowest BCUT2D eigenvalue weighted by Crippen LogP contribution is -2.29. The van der Waals surface area contributed by atoms with Gasteiger partial charge in [0.25, 0.3) is 5.91 Å². The maximum atomic E-state index is 13.9. The Morgan fingerprint density at radius 1 is 0.974 bits per heavy atom. The van der Waals surface area contributed by atoms with Gasteiger partial charge in [-0.1, -0.05) is 74.2 Å². The van der Waals surface area contributed by atoms with Crippen LogP contribution in [0.15, 0.2) is 69.9 Å². The highest BCUT2D eigenvalue weighted by Gasteiger charge is 2.43. The summed E-state index contributed by atoms with van der Waals surface area (Å²) in [7, 11) is 1.59. The van der Waals surface area contributed by atoms with Crippen LogP contribution in [0.25, 0.3) is 11.0 Å². The molecule has 0 radical (unpaired) electrons. The van der Waals surface area contributed by atoms with Crippen molar-refractivity contribution in [1.29, 1.82) is 0 Å². The molecule has 3 aromatic carbocycles. The molecule has 6 nitrogen and oxygen atoms in total. The van der Waals surface area contributed by atoms with Crippen LogP contribution >= 0.6 is 11.6 Å². The van der Waals surface area contributed by atoms with Gasteiger partial charge in [-0.3, -0.25) is 9.59 Å². The van der Waals surface area contributed by atoms with Crippen molar-refractivity contribution in [2.24, 2.45) is 0 Å². The fourth-order valence-electron chi connectivity index (χ4n) is 5.12. The second-order valence-corrected chi connectivity index (χ2v) is 10.3. The molecule has 0 saturated carbocycles. The summed E-state index contributed by atoms with van der Waals surface area (Å²) in [6, 6.07) is 17.9. The highest BCUT2D eigenvalue weighted by molar-refractivity contribution is 6.32. The Morgan fingerprint density at radius 3 is 2.51 bits per heavy atom. The first-order chi connectivity index (χ1) is 18.9. The zero-order valence-electron chi connectivity index (χ0n) is 22.5. The van der Waals surface area contributed by atoms with Crippen LogP contribution in [-0.2, 0) is 6.54 Å². The van der Waals surface area contributed by atoms with Crippen molar-refractivity contribution in [2.75, 3.05) is 13.7 Å². The first-order valence-electron chi connectivity index (χ1n) is 13.4. The van der Waals surface area contributed by atoms with Crippen LogP contribution < -0.4 is 14.9 Å². The predicted octanol–water partition coefficient (Wildman–Crippen LogP) is 7.47. The number of ether oxygens (including phenoxy) is 2. The number of carbonyl (C=O) groups excluding carboxylic acids is 1. The lowest BCUT2D eigenvalue weighted by Gasteiger charge is -2.26. The maximum Gasteiger partial charge on any atom is 0.291 e. The summed E-state index contributed by atoms with van der Waals surface area (Å²) in [6.45, 7) is 4.91. The van der Waals surface area contributed by atoms with Gasteiger partial charge >= 0.3 is 0 Å². The zero-order chi connectivity index (χ0) is 27.5. The number of amides is 1. The van der Waals surface area contributed by atoms with Crippen molar-refractivity contribution >= 4 is 28.5 Å². The van der Waals surface area contributed by atoms with E-state index in [0.717, 1.165) is 36.0 Å². The molecule has 1 unspecified atom stereocenters. The number of carbonyl (C=O) groups is 1. The van der Waals surface area contributed by atoms with Crippen LogP contribution in [0.3, 0.4) is 0 Å². The van der Waals surface area contributed by atoms with Crippen LogP contribution in [0.5, 0.6) is 11.5 Å². The van der Waals surface area contributed by atoms with Gasteiger partial charge in [0, 0.05) is 11.6 Å². The summed E-state index contributed by atoms with van der Waals surface area (Å²) >= 11 is 6.37. The number of halogens is 1. The van der Waals surface area contributed by atoms with E-state index in [-0.39, 0.29) is 17.1 Å². The molecule has 0 saturated heterocycles. The van der Waals surface area contributed by atoms with Gasteiger partial charge in [-0.2, -0.15) is 0 Å². The minimum atomic E-state index is -0.666. The predicted molar refractivity (Wildman–Crippen MR) is 153 cm³/mol. The molecular weight excluding hydrogens is 514 g/mol. The zero-order valence-corrected chi connectivity index (χ0v) is 23.2. The monoisotopic (exact) mass is 545 g/mol. The van der Waals surface area contributed by atoms with Crippen LogP contribution in [-0.4, -0.2) is 24.5 Å². The largest absolute Gasteiger partial charge is 0.493 e. The fraction of sp³-hybridized carbons (Fsp3) is 0.312. The van der Waals surface area contributed by atoms with Crippen LogP contribution in [0.2, 0.25) is 5.02 Å². The van der Waals surface area contributed by atoms with E-state index in [1.165, 1.54) is 6.42 Å². The lowest BCUT2D eigenvalue weighted by molar-refractivity contribution is 0.0714. The summed E-state index contributed by atoms with van der Waals surface area (Å²) in [4.78, 5) is 29.4. The Bertz CT molecular complexity index is 1560. The average molecular weight is 546 g/mol. The van der Waals surface area contributed by atoms with E-state index in [9.17, 15) is 9.59 Å². The molecule has 0 N–H and O–H groups in total. The van der Waals surface area contributed by atoms with Gasteiger partial charge in [0.2, 0.25) is 5.76 Å². The van der Waals surface area contributed by atoms with E-state index in [1.54, 1.807) is 24.1 Å². The summed E-state index contributed by atoms with van der Waals surface area (Å²) in [5.41, 5.74) is 2.83. The van der Waals surface area contributed by atoms with E-state index in [1.807, 2.05) is 55.5 Å². The molecule has 0 spiro atoms. The summed E-state index contributed by atoms with van der Waals surface area (Å²) < 4.78 is 17.8. The van der Waals surface area contributed by atoms with Gasteiger partial charge in [0.05, 0.1) is 30.7 Å². The standard InChI is InChI=1S/C32H32ClNO5/c1-4-5-6-10-15-38-25-14-13-22(17-27(25)37-3)29-28-30(35)23-18-24(33)20(2)16-26(23)39-31(28)32(36)34(29)19-21-11-8-7-9-12-21/h7-9,11-14,16-18,29H,4-6,10,15,19H2,1-3H3. The summed E-state index contributed by atoms with van der Waals surface area (Å²) in [6.07, 6.45) is 4.41. The first kappa shape index (κ1) is 26.8. The molecule has 1 atom stereocenters. The minimum Gasteiger partial charge on any atom is -0.493 e. The van der Waals surface area contributed by atoms with E-state index in [0.29, 0.717) is 46.2 Å². The second kappa shape index (κ2) is 11.5. The molecule has 1 amide bonds. The quantitative estimate of drug-likeness (QED) is 0.193. The number of benzene rings is 3. The Kier molecular flexibility index (Phi) is 7.94. The van der Waals surface area contributed by atoms with Crippen molar-refractivity contribution < 1.29 is 18.7 Å².